The standard InChI is InChI=1S/C15H22ClN/c1-2-13-5-7-14(8-6-13)11-17-15(12-16)9-3-4-10-15/h5-8,17H,2-4,9-12H2,1H3. The maximum absolute atomic E-state index is 6.12. The molecule has 1 saturated carbocycles. The van der Waals surface area contributed by atoms with Crippen LogP contribution in [0.3, 0.4) is 0 Å². The molecule has 0 unspecified atom stereocenters. The molecule has 2 rings (SSSR count). The molecule has 0 bridgehead atoms. The molecule has 0 heterocycles. The monoisotopic (exact) mass is 251 g/mol. The maximum Gasteiger partial charge on any atom is 0.0406 e. The van der Waals surface area contributed by atoms with Crippen molar-refractivity contribution in [3.8, 4) is 0 Å². The first-order valence-corrected chi connectivity index (χ1v) is 7.20. The zero-order valence-electron chi connectivity index (χ0n) is 10.6. The van der Waals surface area contributed by atoms with Crippen LogP contribution in [-0.4, -0.2) is 11.4 Å². The lowest BCUT2D eigenvalue weighted by atomic mass is 9.99. The molecule has 1 fully saturated rings. The lowest BCUT2D eigenvalue weighted by Crippen LogP contribution is -2.43. The Balaban J connectivity index is 1.92. The van der Waals surface area contributed by atoms with Gasteiger partial charge < -0.3 is 5.32 Å². The Kier molecular flexibility index (Phi) is 4.47. The molecule has 1 aliphatic rings. The van der Waals surface area contributed by atoms with Crippen molar-refractivity contribution in [3.63, 3.8) is 0 Å². The zero-order valence-corrected chi connectivity index (χ0v) is 11.4. The lowest BCUT2D eigenvalue weighted by Gasteiger charge is -2.28. The van der Waals surface area contributed by atoms with Gasteiger partial charge in [0.1, 0.15) is 0 Å². The first-order chi connectivity index (χ1) is 8.28. The van der Waals surface area contributed by atoms with Crippen LogP contribution in [0, 0.1) is 0 Å². The van der Waals surface area contributed by atoms with Crippen molar-refractivity contribution in [2.24, 2.45) is 0 Å². The second-order valence-electron chi connectivity index (χ2n) is 5.14. The van der Waals surface area contributed by atoms with E-state index >= 15 is 0 Å². The van der Waals surface area contributed by atoms with E-state index in [-0.39, 0.29) is 5.54 Å². The highest BCUT2D eigenvalue weighted by atomic mass is 35.5. The summed E-state index contributed by atoms with van der Waals surface area (Å²) in [4.78, 5) is 0. The third-order valence-corrected chi connectivity index (χ3v) is 4.43. The zero-order chi connectivity index (χ0) is 12.1. The van der Waals surface area contributed by atoms with Crippen molar-refractivity contribution in [3.05, 3.63) is 35.4 Å². The normalized spacial score (nSPS) is 18.5. The number of hydrogen-bond donors (Lipinski definition) is 1. The van der Waals surface area contributed by atoms with E-state index in [1.165, 1.54) is 36.8 Å². The summed E-state index contributed by atoms with van der Waals surface area (Å²) in [5.74, 6) is 0.736. The molecule has 0 aliphatic heterocycles. The SMILES string of the molecule is CCc1ccc(CNC2(CCl)CCCC2)cc1. The van der Waals surface area contributed by atoms with E-state index in [2.05, 4.69) is 36.5 Å². The van der Waals surface area contributed by atoms with E-state index in [1.807, 2.05) is 0 Å². The molecule has 1 aliphatic carbocycles. The molecule has 17 heavy (non-hydrogen) atoms. The summed E-state index contributed by atoms with van der Waals surface area (Å²) in [6, 6.07) is 8.89. The minimum atomic E-state index is 0.199. The molecule has 1 aromatic rings. The first-order valence-electron chi connectivity index (χ1n) is 6.67. The van der Waals surface area contributed by atoms with Gasteiger partial charge in [0, 0.05) is 18.0 Å². The molecule has 0 radical (unpaired) electrons. The van der Waals surface area contributed by atoms with E-state index < -0.39 is 0 Å². The highest BCUT2D eigenvalue weighted by molar-refractivity contribution is 6.18. The number of hydrogen-bond acceptors (Lipinski definition) is 1. The number of benzene rings is 1. The van der Waals surface area contributed by atoms with Crippen LogP contribution in [0.15, 0.2) is 24.3 Å². The Bertz CT molecular complexity index is 338. The minimum Gasteiger partial charge on any atom is -0.306 e. The molecule has 0 saturated heterocycles. The van der Waals surface area contributed by atoms with Crippen LogP contribution in [-0.2, 0) is 13.0 Å². The molecule has 2 heteroatoms. The summed E-state index contributed by atoms with van der Waals surface area (Å²) < 4.78 is 0. The lowest BCUT2D eigenvalue weighted by molar-refractivity contribution is 0.368. The molecular weight excluding hydrogens is 230 g/mol. The second kappa shape index (κ2) is 5.88. The van der Waals surface area contributed by atoms with Gasteiger partial charge in [0.15, 0.2) is 0 Å². The van der Waals surface area contributed by atoms with Crippen LogP contribution < -0.4 is 5.32 Å². The van der Waals surface area contributed by atoms with E-state index in [4.69, 9.17) is 11.6 Å². The van der Waals surface area contributed by atoms with Gasteiger partial charge in [-0.1, -0.05) is 44.0 Å². The Labute approximate surface area is 110 Å². The maximum atomic E-state index is 6.12. The third kappa shape index (κ3) is 3.23. The molecule has 0 spiro atoms. The quantitative estimate of drug-likeness (QED) is 0.783. The molecule has 1 nitrogen and oxygen atoms in total. The smallest absolute Gasteiger partial charge is 0.0406 e. The first kappa shape index (κ1) is 12.9. The fourth-order valence-corrected chi connectivity index (χ4v) is 2.95. The minimum absolute atomic E-state index is 0.199. The fourth-order valence-electron chi connectivity index (χ4n) is 2.59. The van der Waals surface area contributed by atoms with Crippen molar-refractivity contribution in [2.45, 2.75) is 51.1 Å². The van der Waals surface area contributed by atoms with Gasteiger partial charge in [-0.15, -0.1) is 11.6 Å². The number of rotatable bonds is 5. The molecular formula is C15H22ClN. The van der Waals surface area contributed by atoms with Crippen LogP contribution in [0.25, 0.3) is 0 Å². The topological polar surface area (TPSA) is 12.0 Å². The Morgan fingerprint density at radius 1 is 1.12 bits per heavy atom. The van der Waals surface area contributed by atoms with E-state index in [0.29, 0.717) is 0 Å². The van der Waals surface area contributed by atoms with Gasteiger partial charge in [-0.25, -0.2) is 0 Å². The summed E-state index contributed by atoms with van der Waals surface area (Å²) >= 11 is 6.12. The summed E-state index contributed by atoms with van der Waals surface area (Å²) in [6.45, 7) is 3.13. The number of alkyl halides is 1. The van der Waals surface area contributed by atoms with Crippen molar-refractivity contribution in [1.29, 1.82) is 0 Å². The number of nitrogens with one attached hydrogen (secondary N) is 1. The second-order valence-corrected chi connectivity index (χ2v) is 5.41. The Morgan fingerprint density at radius 3 is 2.24 bits per heavy atom. The molecule has 1 N–H and O–H groups in total. The third-order valence-electron chi connectivity index (χ3n) is 3.92. The summed E-state index contributed by atoms with van der Waals surface area (Å²) in [6.07, 6.45) is 6.19. The molecule has 1 aromatic carbocycles. The predicted octanol–water partition coefficient (Wildman–Crippen LogP) is 3.89. The summed E-state index contributed by atoms with van der Waals surface area (Å²) in [5, 5.41) is 3.67. The van der Waals surface area contributed by atoms with Gasteiger partial charge in [-0.05, 0) is 30.4 Å². The van der Waals surface area contributed by atoms with Gasteiger partial charge in [-0.3, -0.25) is 0 Å². The Morgan fingerprint density at radius 2 is 1.71 bits per heavy atom. The summed E-state index contributed by atoms with van der Waals surface area (Å²) in [7, 11) is 0. The van der Waals surface area contributed by atoms with Gasteiger partial charge in [0.2, 0.25) is 0 Å². The number of aryl methyl sites for hydroxylation is 1. The number of halogens is 1. The van der Waals surface area contributed by atoms with Crippen LogP contribution in [0.1, 0.15) is 43.7 Å². The average molecular weight is 252 g/mol. The average Bonchev–Trinajstić information content (AvgIpc) is 2.86. The van der Waals surface area contributed by atoms with Gasteiger partial charge in [0.25, 0.3) is 0 Å². The molecule has 0 atom stereocenters. The Hall–Kier alpha value is -0.530. The van der Waals surface area contributed by atoms with Gasteiger partial charge >= 0.3 is 0 Å². The van der Waals surface area contributed by atoms with Crippen LogP contribution in [0.5, 0.6) is 0 Å². The molecule has 0 aromatic heterocycles. The summed E-state index contributed by atoms with van der Waals surface area (Å²) in [5.41, 5.74) is 2.96. The van der Waals surface area contributed by atoms with Crippen molar-refractivity contribution < 1.29 is 0 Å². The van der Waals surface area contributed by atoms with E-state index in [1.54, 1.807) is 0 Å². The van der Waals surface area contributed by atoms with Crippen LogP contribution in [0.2, 0.25) is 0 Å². The van der Waals surface area contributed by atoms with Crippen molar-refractivity contribution in [1.82, 2.24) is 5.32 Å². The highest BCUT2D eigenvalue weighted by Gasteiger charge is 2.31. The van der Waals surface area contributed by atoms with Gasteiger partial charge in [-0.2, -0.15) is 0 Å². The van der Waals surface area contributed by atoms with Crippen molar-refractivity contribution >= 4 is 11.6 Å². The van der Waals surface area contributed by atoms with E-state index in [0.717, 1.165) is 18.8 Å². The highest BCUT2D eigenvalue weighted by Crippen LogP contribution is 2.30. The molecule has 0 amide bonds. The van der Waals surface area contributed by atoms with Crippen LogP contribution >= 0.6 is 11.6 Å². The molecule has 94 valence electrons. The van der Waals surface area contributed by atoms with E-state index in [9.17, 15) is 0 Å². The van der Waals surface area contributed by atoms with Crippen molar-refractivity contribution in [2.75, 3.05) is 5.88 Å². The fraction of sp³-hybridized carbons (Fsp3) is 0.600. The van der Waals surface area contributed by atoms with Crippen LogP contribution in [0.4, 0.5) is 0 Å². The van der Waals surface area contributed by atoms with Gasteiger partial charge in [0.05, 0.1) is 0 Å². The largest absolute Gasteiger partial charge is 0.306 e. The predicted molar refractivity (Wildman–Crippen MR) is 74.6 cm³/mol.